The van der Waals surface area contributed by atoms with Crippen molar-refractivity contribution in [2.45, 2.75) is 25.3 Å². The number of aromatic nitrogens is 4. The van der Waals surface area contributed by atoms with Gasteiger partial charge in [-0.3, -0.25) is 0 Å². The van der Waals surface area contributed by atoms with Crippen LogP contribution in [0.4, 0.5) is 5.82 Å². The second-order valence-electron chi connectivity index (χ2n) is 4.46. The number of rotatable bonds is 4. The van der Waals surface area contributed by atoms with Crippen molar-refractivity contribution in [3.05, 3.63) is 22.6 Å². The average Bonchev–Trinajstić information content (AvgIpc) is 2.68. The maximum absolute atomic E-state index is 11.5. The Bertz CT molecular complexity index is 603. The van der Waals surface area contributed by atoms with E-state index < -0.39 is 0 Å². The molecule has 1 N–H and O–H groups in total. The lowest BCUT2D eigenvalue weighted by Crippen LogP contribution is -2.42. The number of H-pyrrole nitrogens is 1. The quantitative estimate of drug-likeness (QED) is 0.840. The third-order valence-corrected chi connectivity index (χ3v) is 3.56. The molecule has 18 heavy (non-hydrogen) atoms. The Morgan fingerprint density at radius 3 is 3.00 bits per heavy atom. The standard InChI is InChI=1S/C11H14ClN5O/c12-6-7-16(8-2-1-3-8)10-5-4-9-13-14-11(18)17(9)15-10/h4-5,8H,1-3,6-7H2,(H,14,18). The van der Waals surface area contributed by atoms with E-state index in [0.29, 0.717) is 17.6 Å². The van der Waals surface area contributed by atoms with Gasteiger partial charge in [0.05, 0.1) is 0 Å². The predicted molar refractivity (Wildman–Crippen MR) is 69.3 cm³/mol. The van der Waals surface area contributed by atoms with Gasteiger partial charge in [-0.1, -0.05) is 0 Å². The zero-order valence-corrected chi connectivity index (χ0v) is 10.6. The normalized spacial score (nSPS) is 15.8. The van der Waals surface area contributed by atoms with Crippen LogP contribution < -0.4 is 10.6 Å². The number of halogens is 1. The van der Waals surface area contributed by atoms with Crippen molar-refractivity contribution >= 4 is 23.1 Å². The monoisotopic (exact) mass is 267 g/mol. The van der Waals surface area contributed by atoms with Crippen molar-refractivity contribution in [1.29, 1.82) is 0 Å². The van der Waals surface area contributed by atoms with Crippen LogP contribution in [-0.4, -0.2) is 38.3 Å². The number of nitrogens with one attached hydrogen (secondary N) is 1. The van der Waals surface area contributed by atoms with Crippen LogP contribution in [0.1, 0.15) is 19.3 Å². The van der Waals surface area contributed by atoms with Crippen molar-refractivity contribution in [1.82, 2.24) is 19.8 Å². The minimum Gasteiger partial charge on any atom is -0.351 e. The average molecular weight is 268 g/mol. The summed E-state index contributed by atoms with van der Waals surface area (Å²) in [6.07, 6.45) is 3.57. The molecule has 7 heteroatoms. The molecule has 0 unspecified atom stereocenters. The van der Waals surface area contributed by atoms with E-state index in [9.17, 15) is 4.79 Å². The van der Waals surface area contributed by atoms with E-state index in [1.807, 2.05) is 6.07 Å². The number of anilines is 1. The summed E-state index contributed by atoms with van der Waals surface area (Å²) in [5.41, 5.74) is 0.217. The molecule has 0 aromatic carbocycles. The molecule has 2 heterocycles. The summed E-state index contributed by atoms with van der Waals surface area (Å²) in [7, 11) is 0. The zero-order chi connectivity index (χ0) is 12.5. The topological polar surface area (TPSA) is 66.3 Å². The van der Waals surface area contributed by atoms with Gasteiger partial charge in [0.2, 0.25) is 0 Å². The Morgan fingerprint density at radius 2 is 2.33 bits per heavy atom. The molecule has 1 fully saturated rings. The van der Waals surface area contributed by atoms with Gasteiger partial charge in [0.1, 0.15) is 5.82 Å². The van der Waals surface area contributed by atoms with Crippen molar-refractivity contribution < 1.29 is 0 Å². The van der Waals surface area contributed by atoms with Gasteiger partial charge in [0.25, 0.3) is 0 Å². The Balaban J connectivity index is 1.99. The van der Waals surface area contributed by atoms with Gasteiger partial charge in [0.15, 0.2) is 5.65 Å². The van der Waals surface area contributed by atoms with Gasteiger partial charge < -0.3 is 4.90 Å². The predicted octanol–water partition coefficient (Wildman–Crippen LogP) is 1.02. The minimum absolute atomic E-state index is 0.314. The van der Waals surface area contributed by atoms with Crippen molar-refractivity contribution in [3.63, 3.8) is 0 Å². The zero-order valence-electron chi connectivity index (χ0n) is 9.84. The van der Waals surface area contributed by atoms with Gasteiger partial charge in [-0.2, -0.15) is 9.61 Å². The molecule has 0 spiro atoms. The van der Waals surface area contributed by atoms with Crippen LogP contribution in [0.3, 0.4) is 0 Å². The third-order valence-electron chi connectivity index (χ3n) is 3.39. The van der Waals surface area contributed by atoms with Gasteiger partial charge in [-0.05, 0) is 31.4 Å². The van der Waals surface area contributed by atoms with Crippen molar-refractivity contribution in [2.24, 2.45) is 0 Å². The van der Waals surface area contributed by atoms with E-state index in [4.69, 9.17) is 11.6 Å². The summed E-state index contributed by atoms with van der Waals surface area (Å²) in [4.78, 5) is 13.7. The van der Waals surface area contributed by atoms with Crippen molar-refractivity contribution in [2.75, 3.05) is 17.3 Å². The SMILES string of the molecule is O=c1[nH]nc2ccc(N(CCCl)C3CCC3)nn12. The largest absolute Gasteiger partial charge is 0.364 e. The Hall–Kier alpha value is -1.56. The molecular formula is C11H14ClN5O. The fourth-order valence-electron chi connectivity index (χ4n) is 2.22. The first-order valence-corrected chi connectivity index (χ1v) is 6.60. The number of fused-ring (bicyclic) bond motifs is 1. The fraction of sp³-hybridized carbons (Fsp3) is 0.545. The molecule has 1 aliphatic rings. The summed E-state index contributed by atoms with van der Waals surface area (Å²) in [6.45, 7) is 0.747. The number of hydrogen-bond donors (Lipinski definition) is 1. The molecular weight excluding hydrogens is 254 g/mol. The molecule has 1 saturated carbocycles. The van der Waals surface area contributed by atoms with Crippen LogP contribution in [0.2, 0.25) is 0 Å². The lowest BCUT2D eigenvalue weighted by atomic mass is 9.91. The number of hydrogen-bond acceptors (Lipinski definition) is 4. The summed E-state index contributed by atoms with van der Waals surface area (Å²) < 4.78 is 1.29. The number of nitrogens with zero attached hydrogens (tertiary/aromatic N) is 4. The highest BCUT2D eigenvalue weighted by Crippen LogP contribution is 2.28. The second-order valence-corrected chi connectivity index (χ2v) is 4.84. The van der Waals surface area contributed by atoms with E-state index in [0.717, 1.165) is 25.2 Å². The van der Waals surface area contributed by atoms with Crippen LogP contribution in [-0.2, 0) is 0 Å². The summed E-state index contributed by atoms with van der Waals surface area (Å²) in [5, 5.41) is 10.6. The lowest BCUT2D eigenvalue weighted by molar-refractivity contribution is 0.387. The first kappa shape index (κ1) is 11.5. The summed E-state index contributed by atoms with van der Waals surface area (Å²) >= 11 is 5.84. The minimum atomic E-state index is -0.314. The Kier molecular flexibility index (Phi) is 2.95. The van der Waals surface area contributed by atoms with Gasteiger partial charge in [-0.15, -0.1) is 16.7 Å². The lowest BCUT2D eigenvalue weighted by Gasteiger charge is -2.37. The molecule has 96 valence electrons. The van der Waals surface area contributed by atoms with Crippen molar-refractivity contribution in [3.8, 4) is 0 Å². The first-order valence-electron chi connectivity index (χ1n) is 6.06. The van der Waals surface area contributed by atoms with Crippen LogP contribution in [0.15, 0.2) is 16.9 Å². The van der Waals surface area contributed by atoms with Crippen LogP contribution in [0, 0.1) is 0 Å². The Labute approximate surface area is 109 Å². The molecule has 0 radical (unpaired) electrons. The highest BCUT2D eigenvalue weighted by Gasteiger charge is 2.26. The molecule has 1 aliphatic carbocycles. The summed E-state index contributed by atoms with van der Waals surface area (Å²) in [6, 6.07) is 4.18. The van der Waals surface area contributed by atoms with Crippen LogP contribution >= 0.6 is 11.6 Å². The molecule has 3 rings (SSSR count). The molecule has 0 atom stereocenters. The molecule has 0 bridgehead atoms. The van der Waals surface area contributed by atoms with E-state index >= 15 is 0 Å². The van der Waals surface area contributed by atoms with Gasteiger partial charge >= 0.3 is 5.69 Å². The smallest absolute Gasteiger partial charge is 0.351 e. The molecule has 0 aliphatic heterocycles. The maximum Gasteiger partial charge on any atom is 0.364 e. The Morgan fingerprint density at radius 1 is 1.50 bits per heavy atom. The highest BCUT2D eigenvalue weighted by atomic mass is 35.5. The van der Waals surface area contributed by atoms with Gasteiger partial charge in [0, 0.05) is 18.5 Å². The maximum atomic E-state index is 11.5. The molecule has 0 saturated heterocycles. The van der Waals surface area contributed by atoms with E-state index in [-0.39, 0.29) is 5.69 Å². The highest BCUT2D eigenvalue weighted by molar-refractivity contribution is 6.18. The van der Waals surface area contributed by atoms with Crippen LogP contribution in [0.25, 0.3) is 5.65 Å². The molecule has 6 nitrogen and oxygen atoms in total. The van der Waals surface area contributed by atoms with Crippen LogP contribution in [0.5, 0.6) is 0 Å². The second kappa shape index (κ2) is 4.61. The number of aromatic amines is 1. The molecule has 0 amide bonds. The first-order chi connectivity index (χ1) is 8.79. The van der Waals surface area contributed by atoms with E-state index in [1.165, 1.54) is 10.9 Å². The summed E-state index contributed by atoms with van der Waals surface area (Å²) in [5.74, 6) is 1.34. The number of alkyl halides is 1. The third kappa shape index (κ3) is 1.86. The fourth-order valence-corrected chi connectivity index (χ4v) is 2.40. The molecule has 2 aromatic rings. The van der Waals surface area contributed by atoms with E-state index in [2.05, 4.69) is 20.2 Å². The molecule has 2 aromatic heterocycles. The van der Waals surface area contributed by atoms with Gasteiger partial charge in [-0.25, -0.2) is 9.89 Å². The van der Waals surface area contributed by atoms with E-state index in [1.54, 1.807) is 6.07 Å².